The summed E-state index contributed by atoms with van der Waals surface area (Å²) >= 11 is 5.96. The number of nitrogens with zero attached hydrogens (tertiary/aromatic N) is 5. The fraction of sp³-hybridized carbons (Fsp3) is 0.435. The third-order valence-electron chi connectivity index (χ3n) is 5.81. The Labute approximate surface area is 188 Å². The van der Waals surface area contributed by atoms with Crippen LogP contribution in [0.1, 0.15) is 24.0 Å². The van der Waals surface area contributed by atoms with Crippen molar-refractivity contribution in [2.24, 2.45) is 4.99 Å². The van der Waals surface area contributed by atoms with Crippen molar-refractivity contribution in [1.82, 2.24) is 20.1 Å². The van der Waals surface area contributed by atoms with E-state index in [1.165, 1.54) is 12.8 Å². The number of amides is 1. The van der Waals surface area contributed by atoms with Crippen molar-refractivity contribution in [3.05, 3.63) is 58.7 Å². The third-order valence-corrected chi connectivity index (χ3v) is 6.06. The molecule has 1 aromatic carbocycles. The number of nitrogens with one attached hydrogen (secondary N) is 1. The highest BCUT2D eigenvalue weighted by Crippen LogP contribution is 2.18. The fourth-order valence-electron chi connectivity index (χ4n) is 4.07. The number of guanidine groups is 1. The first-order chi connectivity index (χ1) is 15.1. The number of carbonyl (C=O) groups is 1. The normalized spacial score (nSPS) is 17.4. The molecular formula is C23H29ClN6O. The van der Waals surface area contributed by atoms with Crippen LogP contribution in [0.5, 0.6) is 0 Å². The lowest BCUT2D eigenvalue weighted by atomic mass is 10.2. The van der Waals surface area contributed by atoms with Crippen molar-refractivity contribution < 1.29 is 4.79 Å². The van der Waals surface area contributed by atoms with E-state index in [1.807, 2.05) is 46.3 Å². The largest absolute Gasteiger partial charge is 0.357 e. The highest BCUT2D eigenvalue weighted by atomic mass is 35.5. The number of hydrogen-bond acceptors (Lipinski definition) is 4. The second kappa shape index (κ2) is 10.0. The zero-order valence-electron chi connectivity index (χ0n) is 17.9. The van der Waals surface area contributed by atoms with E-state index in [-0.39, 0.29) is 5.91 Å². The summed E-state index contributed by atoms with van der Waals surface area (Å²) in [7, 11) is 1.76. The Morgan fingerprint density at radius 3 is 2.58 bits per heavy atom. The standard InChI is InChI=1S/C23H29ClN6O/c1-25-23(27-15-19-8-9-26-21(14-19)28-10-2-3-11-28)30-13-12-29(22(31)17-30)16-18-4-6-20(24)7-5-18/h4-9,14H,2-3,10-13,15-17H2,1H3,(H,25,27). The fourth-order valence-corrected chi connectivity index (χ4v) is 4.20. The number of benzene rings is 1. The predicted molar refractivity (Wildman–Crippen MR) is 124 cm³/mol. The molecule has 0 spiro atoms. The van der Waals surface area contributed by atoms with Gasteiger partial charge in [-0.3, -0.25) is 9.79 Å². The average molecular weight is 441 g/mol. The molecule has 0 bridgehead atoms. The van der Waals surface area contributed by atoms with Crippen molar-refractivity contribution in [3.63, 3.8) is 0 Å². The molecular weight excluding hydrogens is 412 g/mol. The molecule has 0 atom stereocenters. The van der Waals surface area contributed by atoms with Gasteiger partial charge in [0.05, 0.1) is 6.54 Å². The molecule has 1 N–H and O–H groups in total. The summed E-state index contributed by atoms with van der Waals surface area (Å²) in [6, 6.07) is 11.8. The van der Waals surface area contributed by atoms with Gasteiger partial charge in [0, 0.05) is 57.5 Å². The Morgan fingerprint density at radius 2 is 1.87 bits per heavy atom. The van der Waals surface area contributed by atoms with E-state index in [0.717, 1.165) is 42.5 Å². The molecule has 2 saturated heterocycles. The van der Waals surface area contributed by atoms with Crippen LogP contribution in [-0.2, 0) is 17.9 Å². The number of anilines is 1. The molecule has 3 heterocycles. The molecule has 2 aliphatic rings. The van der Waals surface area contributed by atoms with E-state index < -0.39 is 0 Å². The van der Waals surface area contributed by atoms with Gasteiger partial charge in [0.2, 0.25) is 5.91 Å². The number of aromatic nitrogens is 1. The van der Waals surface area contributed by atoms with Crippen LogP contribution in [-0.4, -0.2) is 66.4 Å². The highest BCUT2D eigenvalue weighted by Gasteiger charge is 2.26. The molecule has 0 unspecified atom stereocenters. The van der Waals surface area contributed by atoms with E-state index in [1.54, 1.807) is 7.05 Å². The molecule has 0 saturated carbocycles. The number of carbonyl (C=O) groups excluding carboxylic acids is 1. The van der Waals surface area contributed by atoms with E-state index in [2.05, 4.69) is 26.3 Å². The van der Waals surface area contributed by atoms with Crippen molar-refractivity contribution >= 4 is 29.3 Å². The summed E-state index contributed by atoms with van der Waals surface area (Å²) in [5.41, 5.74) is 2.24. The van der Waals surface area contributed by atoms with E-state index in [4.69, 9.17) is 11.6 Å². The smallest absolute Gasteiger partial charge is 0.242 e. The molecule has 4 rings (SSSR count). The minimum absolute atomic E-state index is 0.101. The van der Waals surface area contributed by atoms with Crippen LogP contribution in [0.15, 0.2) is 47.6 Å². The molecule has 0 aliphatic carbocycles. The molecule has 2 aliphatic heterocycles. The van der Waals surface area contributed by atoms with Crippen molar-refractivity contribution in [3.8, 4) is 0 Å². The monoisotopic (exact) mass is 440 g/mol. The Hall–Kier alpha value is -2.80. The minimum Gasteiger partial charge on any atom is -0.357 e. The summed E-state index contributed by atoms with van der Waals surface area (Å²) in [6.45, 7) is 5.14. The summed E-state index contributed by atoms with van der Waals surface area (Å²) in [5.74, 6) is 1.89. The van der Waals surface area contributed by atoms with Gasteiger partial charge in [-0.15, -0.1) is 0 Å². The second-order valence-electron chi connectivity index (χ2n) is 7.98. The van der Waals surface area contributed by atoms with Gasteiger partial charge in [0.25, 0.3) is 0 Å². The molecule has 1 aromatic heterocycles. The van der Waals surface area contributed by atoms with Crippen molar-refractivity contribution in [2.75, 3.05) is 44.7 Å². The Balaban J connectivity index is 1.31. The number of hydrogen-bond donors (Lipinski definition) is 1. The summed E-state index contributed by atoms with van der Waals surface area (Å²) < 4.78 is 0. The van der Waals surface area contributed by atoms with Crippen LogP contribution in [0.3, 0.4) is 0 Å². The predicted octanol–water partition coefficient (Wildman–Crippen LogP) is 2.76. The van der Waals surface area contributed by atoms with Gasteiger partial charge in [0.1, 0.15) is 5.82 Å². The zero-order valence-corrected chi connectivity index (χ0v) is 18.7. The molecule has 8 heteroatoms. The van der Waals surface area contributed by atoms with Gasteiger partial charge >= 0.3 is 0 Å². The molecule has 0 radical (unpaired) electrons. The number of aliphatic imine (C=N–C) groups is 1. The maximum Gasteiger partial charge on any atom is 0.242 e. The number of halogens is 1. The first-order valence-corrected chi connectivity index (χ1v) is 11.2. The van der Waals surface area contributed by atoms with Crippen molar-refractivity contribution in [2.45, 2.75) is 25.9 Å². The average Bonchev–Trinajstić information content (AvgIpc) is 3.33. The maximum absolute atomic E-state index is 12.7. The summed E-state index contributed by atoms with van der Waals surface area (Å²) in [4.78, 5) is 27.9. The van der Waals surface area contributed by atoms with Crippen LogP contribution in [0.25, 0.3) is 0 Å². The summed E-state index contributed by atoms with van der Waals surface area (Å²) in [5, 5.41) is 4.11. The highest BCUT2D eigenvalue weighted by molar-refractivity contribution is 6.30. The quantitative estimate of drug-likeness (QED) is 0.572. The van der Waals surface area contributed by atoms with Gasteiger partial charge < -0.3 is 20.0 Å². The van der Waals surface area contributed by atoms with Gasteiger partial charge in [-0.2, -0.15) is 0 Å². The van der Waals surface area contributed by atoms with Gasteiger partial charge in [-0.1, -0.05) is 23.7 Å². The maximum atomic E-state index is 12.7. The number of rotatable bonds is 5. The zero-order chi connectivity index (χ0) is 21.6. The van der Waals surface area contributed by atoms with Gasteiger partial charge in [-0.25, -0.2) is 4.98 Å². The van der Waals surface area contributed by atoms with E-state index in [0.29, 0.717) is 31.2 Å². The van der Waals surface area contributed by atoms with Crippen LogP contribution < -0.4 is 10.2 Å². The first-order valence-electron chi connectivity index (χ1n) is 10.8. The van der Waals surface area contributed by atoms with Crippen LogP contribution in [0.4, 0.5) is 5.82 Å². The number of pyridine rings is 1. The molecule has 2 fully saturated rings. The van der Waals surface area contributed by atoms with E-state index in [9.17, 15) is 4.79 Å². The third kappa shape index (κ3) is 5.47. The van der Waals surface area contributed by atoms with Crippen LogP contribution in [0, 0.1) is 0 Å². The van der Waals surface area contributed by atoms with Gasteiger partial charge in [0.15, 0.2) is 5.96 Å². The Morgan fingerprint density at radius 1 is 1.10 bits per heavy atom. The lowest BCUT2D eigenvalue weighted by Gasteiger charge is -2.36. The number of piperazine rings is 1. The molecule has 164 valence electrons. The lowest BCUT2D eigenvalue weighted by Crippen LogP contribution is -2.54. The van der Waals surface area contributed by atoms with Crippen molar-refractivity contribution in [1.29, 1.82) is 0 Å². The molecule has 7 nitrogen and oxygen atoms in total. The topological polar surface area (TPSA) is 64.1 Å². The Bertz CT molecular complexity index is 926. The van der Waals surface area contributed by atoms with E-state index >= 15 is 0 Å². The summed E-state index contributed by atoms with van der Waals surface area (Å²) in [6.07, 6.45) is 4.33. The first kappa shape index (κ1) is 21.4. The van der Waals surface area contributed by atoms with Crippen LogP contribution in [0.2, 0.25) is 5.02 Å². The minimum atomic E-state index is 0.101. The van der Waals surface area contributed by atoms with Gasteiger partial charge in [-0.05, 0) is 48.2 Å². The SMILES string of the molecule is CN=C(NCc1ccnc(N2CCCC2)c1)N1CCN(Cc2ccc(Cl)cc2)C(=O)C1. The molecule has 31 heavy (non-hydrogen) atoms. The molecule has 2 aromatic rings. The Kier molecular flexibility index (Phi) is 6.92. The van der Waals surface area contributed by atoms with Crippen LogP contribution >= 0.6 is 11.6 Å². The molecule has 1 amide bonds. The second-order valence-corrected chi connectivity index (χ2v) is 8.42. The lowest BCUT2D eigenvalue weighted by molar-refractivity contribution is -0.135.